The largest absolute Gasteiger partial charge is 0.493 e. The molecule has 1 saturated heterocycles. The molecule has 3 aliphatic rings. The van der Waals surface area contributed by atoms with Gasteiger partial charge in [-0.3, -0.25) is 9.88 Å². The lowest BCUT2D eigenvalue weighted by molar-refractivity contribution is 0.326. The van der Waals surface area contributed by atoms with Crippen molar-refractivity contribution in [2.45, 2.75) is 50.6 Å². The van der Waals surface area contributed by atoms with Gasteiger partial charge in [0, 0.05) is 48.0 Å². The zero-order valence-electron chi connectivity index (χ0n) is 15.7. The van der Waals surface area contributed by atoms with Gasteiger partial charge in [0.1, 0.15) is 0 Å². The van der Waals surface area contributed by atoms with Crippen molar-refractivity contribution in [1.82, 2.24) is 9.88 Å². The number of methoxy groups -OCH3 is 2. The number of anilines is 1. The lowest BCUT2D eigenvalue weighted by Gasteiger charge is -2.21. The van der Waals surface area contributed by atoms with Crippen LogP contribution in [0, 0.1) is 0 Å². The van der Waals surface area contributed by atoms with Gasteiger partial charge in [-0.1, -0.05) is 0 Å². The monoisotopic (exact) mass is 353 g/mol. The third kappa shape index (κ3) is 2.69. The Labute approximate surface area is 154 Å². The van der Waals surface area contributed by atoms with Crippen LogP contribution in [0.15, 0.2) is 12.1 Å². The number of pyridine rings is 1. The number of aryl methyl sites for hydroxylation is 1. The molecule has 1 aliphatic heterocycles. The summed E-state index contributed by atoms with van der Waals surface area (Å²) in [5.74, 6) is 1.52. The molecule has 26 heavy (non-hydrogen) atoms. The highest BCUT2D eigenvalue weighted by Crippen LogP contribution is 2.40. The summed E-state index contributed by atoms with van der Waals surface area (Å²) in [5.41, 5.74) is 4.95. The number of hydrogen-bond donors (Lipinski definition) is 1. The van der Waals surface area contributed by atoms with Crippen LogP contribution >= 0.6 is 0 Å². The Morgan fingerprint density at radius 3 is 2.65 bits per heavy atom. The van der Waals surface area contributed by atoms with Crippen LogP contribution in [0.1, 0.15) is 36.9 Å². The Bertz CT molecular complexity index is 847. The van der Waals surface area contributed by atoms with Gasteiger partial charge in [0.15, 0.2) is 11.5 Å². The van der Waals surface area contributed by atoms with E-state index in [0.29, 0.717) is 6.04 Å². The Morgan fingerprint density at radius 2 is 1.88 bits per heavy atom. The highest BCUT2D eigenvalue weighted by molar-refractivity contribution is 5.96. The summed E-state index contributed by atoms with van der Waals surface area (Å²) in [7, 11) is 3.38. The molecule has 0 amide bonds. The van der Waals surface area contributed by atoms with E-state index >= 15 is 0 Å². The molecular weight excluding hydrogens is 326 g/mol. The standard InChI is InChI=1S/C21H27N3O2/c1-25-19-10-16-18(11-20(19)26-2)23-17-5-3-4-15(17)21(16)22-13-8-9-24(12-13)14-6-7-14/h10-11,13-14H,3-9,12H2,1-2H3,(H,22,23)/t13-/m1/s1. The second-order valence-corrected chi connectivity index (χ2v) is 7.85. The Kier molecular flexibility index (Phi) is 3.92. The van der Waals surface area contributed by atoms with Gasteiger partial charge < -0.3 is 14.8 Å². The number of fused-ring (bicyclic) bond motifs is 2. The van der Waals surface area contributed by atoms with Crippen LogP contribution in [0.5, 0.6) is 11.5 Å². The summed E-state index contributed by atoms with van der Waals surface area (Å²) in [6.45, 7) is 2.39. The van der Waals surface area contributed by atoms with E-state index in [1.54, 1.807) is 14.2 Å². The van der Waals surface area contributed by atoms with Crippen molar-refractivity contribution in [2.24, 2.45) is 0 Å². The Hall–Kier alpha value is -2.01. The second-order valence-electron chi connectivity index (χ2n) is 7.85. The van der Waals surface area contributed by atoms with Crippen molar-refractivity contribution in [3.05, 3.63) is 23.4 Å². The zero-order chi connectivity index (χ0) is 17.7. The number of rotatable bonds is 5. The molecule has 2 heterocycles. The van der Waals surface area contributed by atoms with Crippen molar-refractivity contribution in [3.8, 4) is 11.5 Å². The summed E-state index contributed by atoms with van der Waals surface area (Å²) in [5, 5.41) is 5.07. The molecule has 1 N–H and O–H groups in total. The van der Waals surface area contributed by atoms with Crippen LogP contribution < -0.4 is 14.8 Å². The highest BCUT2D eigenvalue weighted by atomic mass is 16.5. The molecule has 5 heteroatoms. The number of hydrogen-bond acceptors (Lipinski definition) is 5. The fourth-order valence-corrected chi connectivity index (χ4v) is 4.63. The van der Waals surface area contributed by atoms with Crippen LogP contribution in [0.25, 0.3) is 10.9 Å². The SMILES string of the molecule is COc1cc2nc3c(c(N[C@@H]4CCN(C5CC5)C4)c2cc1OC)CCC3. The minimum atomic E-state index is 0.527. The maximum Gasteiger partial charge on any atom is 0.162 e. The van der Waals surface area contributed by atoms with E-state index < -0.39 is 0 Å². The van der Waals surface area contributed by atoms with Gasteiger partial charge in [0.25, 0.3) is 0 Å². The molecule has 2 fully saturated rings. The summed E-state index contributed by atoms with van der Waals surface area (Å²) >= 11 is 0. The molecule has 1 aromatic carbocycles. The lowest BCUT2D eigenvalue weighted by Crippen LogP contribution is -2.28. The molecule has 5 nitrogen and oxygen atoms in total. The number of aromatic nitrogens is 1. The molecule has 5 rings (SSSR count). The van der Waals surface area contributed by atoms with Gasteiger partial charge in [-0.25, -0.2) is 0 Å². The summed E-state index contributed by atoms with van der Waals surface area (Å²) in [6.07, 6.45) is 7.39. The van der Waals surface area contributed by atoms with Crippen LogP contribution in [-0.2, 0) is 12.8 Å². The summed E-state index contributed by atoms with van der Waals surface area (Å²) in [4.78, 5) is 7.60. The van der Waals surface area contributed by atoms with Gasteiger partial charge in [-0.2, -0.15) is 0 Å². The van der Waals surface area contributed by atoms with Crippen molar-refractivity contribution < 1.29 is 9.47 Å². The van der Waals surface area contributed by atoms with Gasteiger partial charge in [-0.05, 0) is 50.2 Å². The lowest BCUT2D eigenvalue weighted by atomic mass is 10.0. The van der Waals surface area contributed by atoms with E-state index in [4.69, 9.17) is 14.5 Å². The smallest absolute Gasteiger partial charge is 0.162 e. The summed E-state index contributed by atoms with van der Waals surface area (Å²) < 4.78 is 11.0. The average Bonchev–Trinajstić information content (AvgIpc) is 3.22. The third-order valence-electron chi connectivity index (χ3n) is 6.15. The number of nitrogens with one attached hydrogen (secondary N) is 1. The molecule has 138 valence electrons. The number of nitrogens with zero attached hydrogens (tertiary/aromatic N) is 2. The first kappa shape index (κ1) is 16.2. The van der Waals surface area contributed by atoms with Crippen LogP contribution in [0.3, 0.4) is 0 Å². The molecule has 1 aromatic heterocycles. The molecular formula is C21H27N3O2. The first-order valence-corrected chi connectivity index (χ1v) is 9.85. The first-order valence-electron chi connectivity index (χ1n) is 9.85. The van der Waals surface area contributed by atoms with E-state index in [1.807, 2.05) is 6.07 Å². The predicted octanol–water partition coefficient (Wildman–Crippen LogP) is 3.39. The summed E-state index contributed by atoms with van der Waals surface area (Å²) in [6, 6.07) is 5.49. The number of benzene rings is 1. The third-order valence-corrected chi connectivity index (χ3v) is 6.15. The second kappa shape index (κ2) is 6.31. The van der Waals surface area contributed by atoms with Crippen molar-refractivity contribution >= 4 is 16.6 Å². The molecule has 0 bridgehead atoms. The highest BCUT2D eigenvalue weighted by Gasteiger charge is 2.35. The maximum atomic E-state index is 5.56. The normalized spacial score (nSPS) is 22.6. The van der Waals surface area contributed by atoms with Gasteiger partial charge in [0.05, 0.1) is 19.7 Å². The first-order chi connectivity index (χ1) is 12.8. The molecule has 2 aromatic rings. The fraction of sp³-hybridized carbons (Fsp3) is 0.571. The van der Waals surface area contributed by atoms with Gasteiger partial charge >= 0.3 is 0 Å². The van der Waals surface area contributed by atoms with E-state index in [0.717, 1.165) is 47.8 Å². The van der Waals surface area contributed by atoms with E-state index in [9.17, 15) is 0 Å². The van der Waals surface area contributed by atoms with E-state index in [1.165, 1.54) is 49.2 Å². The van der Waals surface area contributed by atoms with Gasteiger partial charge in [-0.15, -0.1) is 0 Å². The predicted molar refractivity (Wildman–Crippen MR) is 103 cm³/mol. The minimum Gasteiger partial charge on any atom is -0.493 e. The Balaban J connectivity index is 1.55. The number of ether oxygens (including phenoxy) is 2. The zero-order valence-corrected chi connectivity index (χ0v) is 15.7. The molecule has 0 radical (unpaired) electrons. The van der Waals surface area contributed by atoms with Crippen LogP contribution in [-0.4, -0.2) is 49.3 Å². The van der Waals surface area contributed by atoms with Crippen molar-refractivity contribution in [2.75, 3.05) is 32.6 Å². The maximum absolute atomic E-state index is 5.56. The van der Waals surface area contributed by atoms with Gasteiger partial charge in [0.2, 0.25) is 0 Å². The van der Waals surface area contributed by atoms with Crippen molar-refractivity contribution in [1.29, 1.82) is 0 Å². The van der Waals surface area contributed by atoms with E-state index in [2.05, 4.69) is 16.3 Å². The molecule has 0 spiro atoms. The minimum absolute atomic E-state index is 0.527. The van der Waals surface area contributed by atoms with E-state index in [-0.39, 0.29) is 0 Å². The quantitative estimate of drug-likeness (QED) is 0.893. The molecule has 0 unspecified atom stereocenters. The fourth-order valence-electron chi connectivity index (χ4n) is 4.63. The number of likely N-dealkylation sites (tertiary alicyclic amines) is 1. The Morgan fingerprint density at radius 1 is 1.08 bits per heavy atom. The van der Waals surface area contributed by atoms with Crippen molar-refractivity contribution in [3.63, 3.8) is 0 Å². The molecule has 1 saturated carbocycles. The molecule has 1 atom stereocenters. The average molecular weight is 353 g/mol. The topological polar surface area (TPSA) is 46.6 Å². The van der Waals surface area contributed by atoms with Crippen LogP contribution in [0.4, 0.5) is 5.69 Å². The van der Waals surface area contributed by atoms with Crippen LogP contribution in [0.2, 0.25) is 0 Å². The molecule has 2 aliphatic carbocycles.